The van der Waals surface area contributed by atoms with Gasteiger partial charge in [-0.3, -0.25) is 4.79 Å². The number of rotatable bonds is 6. The van der Waals surface area contributed by atoms with E-state index in [-0.39, 0.29) is 17.9 Å². The molecule has 0 aliphatic rings. The van der Waals surface area contributed by atoms with Gasteiger partial charge in [0, 0.05) is 12.1 Å². The van der Waals surface area contributed by atoms with Gasteiger partial charge in [0.1, 0.15) is 18.2 Å². The van der Waals surface area contributed by atoms with Crippen molar-refractivity contribution in [2.45, 2.75) is 19.3 Å². The molecule has 0 radical (unpaired) electrons. The first kappa shape index (κ1) is 19.5. The molecule has 146 valence electrons. The number of carbonyl (C=O) groups is 1. The first-order valence-electron chi connectivity index (χ1n) is 8.22. The fourth-order valence-corrected chi connectivity index (χ4v) is 2.55. The predicted octanol–water partition coefficient (Wildman–Crippen LogP) is 4.95. The molecule has 0 saturated heterocycles. The Morgan fingerprint density at radius 2 is 1.79 bits per heavy atom. The Morgan fingerprint density at radius 3 is 2.50 bits per heavy atom. The van der Waals surface area contributed by atoms with E-state index in [0.717, 1.165) is 12.1 Å². The Hall–Kier alpha value is -3.29. The van der Waals surface area contributed by atoms with Crippen LogP contribution in [0.4, 0.5) is 17.6 Å². The van der Waals surface area contributed by atoms with E-state index < -0.39 is 30.0 Å². The monoisotopic (exact) mass is 393 g/mol. The number of para-hydroxylation sites is 1. The van der Waals surface area contributed by atoms with E-state index in [9.17, 15) is 22.4 Å². The molecule has 0 atom stereocenters. The molecule has 1 aromatic heterocycles. The summed E-state index contributed by atoms with van der Waals surface area (Å²) in [4.78, 5) is 12.3. The zero-order valence-corrected chi connectivity index (χ0v) is 14.4. The Labute approximate surface area is 157 Å². The lowest BCUT2D eigenvalue weighted by Crippen LogP contribution is -2.25. The summed E-state index contributed by atoms with van der Waals surface area (Å²) in [5.74, 6) is -1.18. The van der Waals surface area contributed by atoms with Gasteiger partial charge in [0.2, 0.25) is 0 Å². The second-order valence-corrected chi connectivity index (χ2v) is 5.86. The van der Waals surface area contributed by atoms with E-state index in [4.69, 9.17) is 9.15 Å². The molecule has 0 saturated carbocycles. The quantitative estimate of drug-likeness (QED) is 0.603. The molecule has 3 rings (SSSR count). The molecule has 0 spiro atoms. The Kier molecular flexibility index (Phi) is 5.67. The fraction of sp³-hybridized carbons (Fsp3) is 0.150. The largest absolute Gasteiger partial charge is 0.489 e. The number of halogens is 4. The van der Waals surface area contributed by atoms with E-state index >= 15 is 0 Å². The maximum Gasteiger partial charge on any atom is 0.416 e. The summed E-state index contributed by atoms with van der Waals surface area (Å²) in [6, 6.07) is 12.7. The van der Waals surface area contributed by atoms with Crippen molar-refractivity contribution in [3.05, 3.63) is 89.1 Å². The molecule has 0 bridgehead atoms. The average molecular weight is 393 g/mol. The number of alkyl halides is 3. The normalized spacial score (nSPS) is 11.3. The SMILES string of the molecule is O=C(NCc1ccc(F)cc1C(F)(F)F)c1occc1COc1ccccc1. The first-order valence-corrected chi connectivity index (χ1v) is 8.22. The minimum atomic E-state index is -4.73. The number of furan rings is 1. The van der Waals surface area contributed by atoms with Crippen molar-refractivity contribution in [3.63, 3.8) is 0 Å². The van der Waals surface area contributed by atoms with Crippen molar-refractivity contribution in [2.24, 2.45) is 0 Å². The summed E-state index contributed by atoms with van der Waals surface area (Å²) in [6.45, 7) is -0.388. The van der Waals surface area contributed by atoms with Gasteiger partial charge in [-0.1, -0.05) is 24.3 Å². The van der Waals surface area contributed by atoms with E-state index in [2.05, 4.69) is 5.32 Å². The Morgan fingerprint density at radius 1 is 1.04 bits per heavy atom. The summed E-state index contributed by atoms with van der Waals surface area (Å²) in [5.41, 5.74) is -0.952. The average Bonchev–Trinajstić information content (AvgIpc) is 3.14. The van der Waals surface area contributed by atoms with E-state index in [1.54, 1.807) is 24.3 Å². The van der Waals surface area contributed by atoms with Crippen molar-refractivity contribution >= 4 is 5.91 Å². The standard InChI is InChI=1S/C20H15F4NO3/c21-15-7-6-13(17(10-15)20(22,23)24)11-25-19(26)18-14(8-9-27-18)12-28-16-4-2-1-3-5-16/h1-10H,11-12H2,(H,25,26). The van der Waals surface area contributed by atoms with Crippen LogP contribution in [0.2, 0.25) is 0 Å². The number of benzene rings is 2. The van der Waals surface area contributed by atoms with Crippen LogP contribution in [-0.4, -0.2) is 5.91 Å². The van der Waals surface area contributed by atoms with Crippen LogP contribution >= 0.6 is 0 Å². The molecule has 8 heteroatoms. The molecule has 2 aromatic carbocycles. The number of hydrogen-bond donors (Lipinski definition) is 1. The third kappa shape index (κ3) is 4.70. The van der Waals surface area contributed by atoms with E-state index in [0.29, 0.717) is 17.4 Å². The highest BCUT2D eigenvalue weighted by Gasteiger charge is 2.33. The second kappa shape index (κ2) is 8.16. The van der Waals surface area contributed by atoms with E-state index in [1.165, 1.54) is 12.3 Å². The molecular formula is C20H15F4NO3. The lowest BCUT2D eigenvalue weighted by molar-refractivity contribution is -0.138. The highest BCUT2D eigenvalue weighted by molar-refractivity contribution is 5.92. The molecular weight excluding hydrogens is 378 g/mol. The van der Waals surface area contributed by atoms with Crippen LogP contribution in [0.5, 0.6) is 5.75 Å². The number of carbonyl (C=O) groups excluding carboxylic acids is 1. The summed E-state index contributed by atoms with van der Waals surface area (Å²) in [6.07, 6.45) is -3.45. The molecule has 0 fully saturated rings. The summed E-state index contributed by atoms with van der Waals surface area (Å²) in [7, 11) is 0. The molecule has 4 nitrogen and oxygen atoms in total. The van der Waals surface area contributed by atoms with Crippen molar-refractivity contribution in [3.8, 4) is 5.75 Å². The van der Waals surface area contributed by atoms with Crippen LogP contribution in [0.3, 0.4) is 0 Å². The minimum Gasteiger partial charge on any atom is -0.489 e. The van der Waals surface area contributed by atoms with Gasteiger partial charge in [-0.05, 0) is 35.9 Å². The predicted molar refractivity (Wildman–Crippen MR) is 92.1 cm³/mol. The number of hydrogen-bond acceptors (Lipinski definition) is 3. The van der Waals surface area contributed by atoms with Gasteiger partial charge in [-0.2, -0.15) is 13.2 Å². The van der Waals surface area contributed by atoms with Crippen molar-refractivity contribution in [1.82, 2.24) is 5.32 Å². The molecule has 1 heterocycles. The topological polar surface area (TPSA) is 51.5 Å². The van der Waals surface area contributed by atoms with Crippen molar-refractivity contribution < 1.29 is 31.5 Å². The molecule has 28 heavy (non-hydrogen) atoms. The van der Waals surface area contributed by atoms with E-state index in [1.807, 2.05) is 6.07 Å². The zero-order valence-electron chi connectivity index (χ0n) is 14.4. The molecule has 0 aliphatic carbocycles. The highest BCUT2D eigenvalue weighted by atomic mass is 19.4. The van der Waals surface area contributed by atoms with Crippen molar-refractivity contribution in [2.75, 3.05) is 0 Å². The maximum atomic E-state index is 13.2. The fourth-order valence-electron chi connectivity index (χ4n) is 2.55. The van der Waals surface area contributed by atoms with Crippen LogP contribution in [-0.2, 0) is 19.3 Å². The Balaban J connectivity index is 1.68. The van der Waals surface area contributed by atoms with Crippen LogP contribution in [0.1, 0.15) is 27.2 Å². The Bertz CT molecular complexity index is 952. The van der Waals surface area contributed by atoms with Gasteiger partial charge >= 0.3 is 6.18 Å². The maximum absolute atomic E-state index is 13.2. The van der Waals surface area contributed by atoms with Gasteiger partial charge < -0.3 is 14.5 Å². The number of amides is 1. The molecule has 0 unspecified atom stereocenters. The molecule has 1 amide bonds. The lowest BCUT2D eigenvalue weighted by Gasteiger charge is -2.13. The second-order valence-electron chi connectivity index (χ2n) is 5.86. The molecule has 0 aliphatic heterocycles. The van der Waals surface area contributed by atoms with Gasteiger partial charge in [0.05, 0.1) is 11.8 Å². The highest BCUT2D eigenvalue weighted by Crippen LogP contribution is 2.32. The zero-order chi connectivity index (χ0) is 20.1. The lowest BCUT2D eigenvalue weighted by atomic mass is 10.1. The summed E-state index contributed by atoms with van der Waals surface area (Å²) < 4.78 is 63.0. The number of ether oxygens (including phenoxy) is 1. The van der Waals surface area contributed by atoms with Crippen LogP contribution in [0.25, 0.3) is 0 Å². The van der Waals surface area contributed by atoms with Gasteiger partial charge in [-0.15, -0.1) is 0 Å². The van der Waals surface area contributed by atoms with Crippen LogP contribution < -0.4 is 10.1 Å². The third-order valence-electron chi connectivity index (χ3n) is 3.91. The summed E-state index contributed by atoms with van der Waals surface area (Å²) in [5, 5.41) is 2.36. The first-order chi connectivity index (χ1) is 13.3. The third-order valence-corrected chi connectivity index (χ3v) is 3.91. The minimum absolute atomic E-state index is 0.0492. The molecule has 3 aromatic rings. The van der Waals surface area contributed by atoms with Crippen molar-refractivity contribution in [1.29, 1.82) is 0 Å². The summed E-state index contributed by atoms with van der Waals surface area (Å²) >= 11 is 0. The number of nitrogens with one attached hydrogen (secondary N) is 1. The smallest absolute Gasteiger partial charge is 0.416 e. The van der Waals surface area contributed by atoms with Gasteiger partial charge in [0.25, 0.3) is 5.91 Å². The van der Waals surface area contributed by atoms with Gasteiger partial charge in [0.15, 0.2) is 5.76 Å². The van der Waals surface area contributed by atoms with Crippen LogP contribution in [0.15, 0.2) is 65.3 Å². The van der Waals surface area contributed by atoms with Gasteiger partial charge in [-0.25, -0.2) is 4.39 Å². The molecule has 1 N–H and O–H groups in total. The van der Waals surface area contributed by atoms with Crippen LogP contribution in [0, 0.1) is 5.82 Å².